The maximum atomic E-state index is 2.55. The molecule has 13 rings (SSSR count). The van der Waals surface area contributed by atoms with Crippen LogP contribution in [0.3, 0.4) is 0 Å². The van der Waals surface area contributed by atoms with Crippen molar-refractivity contribution in [1.82, 2.24) is 0 Å². The molecule has 4 heteroatoms. The summed E-state index contributed by atoms with van der Waals surface area (Å²) in [7, 11) is 0. The smallest absolute Gasteiger partial charge is 0.0735 e. The summed E-state index contributed by atoms with van der Waals surface area (Å²) < 4.78 is 2.59. The van der Waals surface area contributed by atoms with Crippen molar-refractivity contribution in [2.24, 2.45) is 0 Å². The number of fused-ring (bicyclic) bond motifs is 12. The lowest BCUT2D eigenvalue weighted by atomic mass is 9.67. The highest BCUT2D eigenvalue weighted by atomic mass is 32.2. The summed E-state index contributed by atoms with van der Waals surface area (Å²) in [5.74, 6) is 0. The molecule has 65 heavy (non-hydrogen) atoms. The Morgan fingerprint density at radius 2 is 0.846 bits per heavy atom. The number of hydrogen-bond acceptors (Lipinski definition) is 4. The number of rotatable bonds is 7. The molecular formula is C61H40N2S2. The number of hydrogen-bond donors (Lipinski definition) is 0. The van der Waals surface area contributed by atoms with Crippen LogP contribution in [0, 0.1) is 0 Å². The monoisotopic (exact) mass is 864 g/mol. The minimum absolute atomic E-state index is 0.526. The van der Waals surface area contributed by atoms with E-state index in [1.807, 2.05) is 23.1 Å². The molecule has 0 bridgehead atoms. The van der Waals surface area contributed by atoms with Crippen molar-refractivity contribution in [3.63, 3.8) is 0 Å². The molecule has 2 aliphatic rings. The van der Waals surface area contributed by atoms with E-state index in [2.05, 4.69) is 252 Å². The molecule has 1 aliphatic carbocycles. The van der Waals surface area contributed by atoms with Gasteiger partial charge in [0.2, 0.25) is 0 Å². The van der Waals surface area contributed by atoms with Crippen LogP contribution in [0.25, 0.3) is 42.4 Å². The van der Waals surface area contributed by atoms with Gasteiger partial charge in [0.1, 0.15) is 0 Å². The molecule has 0 atom stereocenters. The largest absolute Gasteiger partial charge is 0.310 e. The van der Waals surface area contributed by atoms with Gasteiger partial charge in [0, 0.05) is 64.0 Å². The quantitative estimate of drug-likeness (QED) is 0.158. The van der Waals surface area contributed by atoms with Gasteiger partial charge in [-0.15, -0.1) is 11.3 Å². The molecule has 0 unspecified atom stereocenters. The normalized spacial score (nSPS) is 13.0. The highest BCUT2D eigenvalue weighted by Crippen LogP contribution is 2.63. The molecule has 2 nitrogen and oxygen atoms in total. The van der Waals surface area contributed by atoms with E-state index >= 15 is 0 Å². The second-order valence-corrected chi connectivity index (χ2v) is 19.0. The first-order valence-electron chi connectivity index (χ1n) is 22.2. The summed E-state index contributed by atoms with van der Waals surface area (Å²) in [4.78, 5) is 7.45. The van der Waals surface area contributed by atoms with E-state index in [9.17, 15) is 0 Å². The number of anilines is 6. The van der Waals surface area contributed by atoms with Crippen molar-refractivity contribution in [2.45, 2.75) is 15.2 Å². The highest BCUT2D eigenvalue weighted by molar-refractivity contribution is 7.99. The average Bonchev–Trinajstić information content (AvgIpc) is 3.88. The van der Waals surface area contributed by atoms with E-state index < -0.39 is 5.41 Å². The lowest BCUT2D eigenvalue weighted by Gasteiger charge is -2.40. The van der Waals surface area contributed by atoms with E-state index in [-0.39, 0.29) is 0 Å². The molecule has 11 aromatic rings. The lowest BCUT2D eigenvalue weighted by Crippen LogP contribution is -2.32. The van der Waals surface area contributed by atoms with Crippen LogP contribution in [0.5, 0.6) is 0 Å². The van der Waals surface area contributed by atoms with Crippen LogP contribution in [-0.4, -0.2) is 0 Å². The second kappa shape index (κ2) is 15.3. The van der Waals surface area contributed by atoms with Crippen LogP contribution in [-0.2, 0) is 5.41 Å². The van der Waals surface area contributed by atoms with Gasteiger partial charge in [-0.1, -0.05) is 157 Å². The summed E-state index contributed by atoms with van der Waals surface area (Å²) in [6, 6.07) is 89.7. The lowest BCUT2D eigenvalue weighted by molar-refractivity contribution is 0.722. The molecule has 2 heterocycles. The first-order chi connectivity index (χ1) is 32.2. The molecule has 10 aromatic carbocycles. The van der Waals surface area contributed by atoms with Gasteiger partial charge in [0.05, 0.1) is 11.1 Å². The van der Waals surface area contributed by atoms with E-state index in [4.69, 9.17) is 0 Å². The van der Waals surface area contributed by atoms with Crippen molar-refractivity contribution in [3.05, 3.63) is 265 Å². The minimum Gasteiger partial charge on any atom is -0.310 e. The van der Waals surface area contributed by atoms with E-state index in [0.717, 1.165) is 45.3 Å². The highest BCUT2D eigenvalue weighted by Gasteiger charge is 2.50. The summed E-state index contributed by atoms with van der Waals surface area (Å²) in [5, 5.41) is 2.56. The summed E-state index contributed by atoms with van der Waals surface area (Å²) in [6.07, 6.45) is 0. The van der Waals surface area contributed by atoms with Crippen LogP contribution in [0.1, 0.15) is 22.3 Å². The van der Waals surface area contributed by atoms with Gasteiger partial charge in [-0.2, -0.15) is 0 Å². The fraction of sp³-hybridized carbons (Fsp3) is 0.0164. The fourth-order valence-corrected chi connectivity index (χ4v) is 12.9. The molecule has 1 aliphatic heterocycles. The number of thiophene rings is 1. The van der Waals surface area contributed by atoms with Gasteiger partial charge < -0.3 is 9.80 Å². The van der Waals surface area contributed by atoms with E-state index in [1.165, 1.54) is 63.3 Å². The molecule has 0 saturated carbocycles. The van der Waals surface area contributed by atoms with Crippen LogP contribution < -0.4 is 9.80 Å². The first kappa shape index (κ1) is 37.9. The third-order valence-corrected chi connectivity index (χ3v) is 15.6. The zero-order valence-electron chi connectivity index (χ0n) is 35.3. The van der Waals surface area contributed by atoms with Crippen molar-refractivity contribution in [2.75, 3.05) is 9.80 Å². The Bertz CT molecular complexity index is 3510. The van der Waals surface area contributed by atoms with Gasteiger partial charge in [0.15, 0.2) is 0 Å². The Balaban J connectivity index is 1.13. The third kappa shape index (κ3) is 5.95. The number of nitrogens with zero attached hydrogens (tertiary/aromatic N) is 2. The molecular weight excluding hydrogens is 825 g/mol. The van der Waals surface area contributed by atoms with Crippen molar-refractivity contribution in [1.29, 1.82) is 0 Å². The predicted molar refractivity (Wildman–Crippen MR) is 276 cm³/mol. The van der Waals surface area contributed by atoms with Gasteiger partial charge >= 0.3 is 0 Å². The maximum Gasteiger partial charge on any atom is 0.0735 e. The molecule has 1 spiro atoms. The number of para-hydroxylation sites is 3. The minimum atomic E-state index is -0.526. The number of benzene rings is 10. The SMILES string of the molecule is c1ccc(N(c2ccccc2)c2cccc(-c3cc4c(cc3N(c3ccccc3)c3ccc5sc6ccccc6c5c3)-c3ccccc3C43c4ccccc4Sc4ccccc43)c2)cc1. The summed E-state index contributed by atoms with van der Waals surface area (Å²) in [6.45, 7) is 0. The molecule has 1 aromatic heterocycles. The first-order valence-corrected chi connectivity index (χ1v) is 23.8. The second-order valence-electron chi connectivity index (χ2n) is 16.8. The topological polar surface area (TPSA) is 6.48 Å². The Hall–Kier alpha value is -7.63. The molecule has 0 saturated heterocycles. The maximum absolute atomic E-state index is 2.55. The van der Waals surface area contributed by atoms with Crippen molar-refractivity contribution in [3.8, 4) is 22.3 Å². The Kier molecular flexibility index (Phi) is 8.90. The Labute approximate surface area is 387 Å². The molecule has 0 N–H and O–H groups in total. The molecule has 0 amide bonds. The molecule has 0 radical (unpaired) electrons. The fourth-order valence-electron chi connectivity index (χ4n) is 10.6. The molecule has 0 fully saturated rings. The van der Waals surface area contributed by atoms with Crippen molar-refractivity contribution >= 4 is 77.4 Å². The van der Waals surface area contributed by atoms with E-state index in [1.54, 1.807) is 0 Å². The van der Waals surface area contributed by atoms with E-state index in [0.29, 0.717) is 0 Å². The van der Waals surface area contributed by atoms with Crippen molar-refractivity contribution < 1.29 is 0 Å². The standard InChI is InChI=1S/C61H40N2S2/c1-4-20-42(21-5-1)62(43-22-6-2-7-23-43)45-26-18-19-41(37-45)49-39-55-50(47-27-10-12-29-52(47)61(55)53-30-13-16-33-59(53)65-60-34-17-14-31-54(60)61)40-56(49)63(44-24-8-3-9-25-44)46-35-36-58-51(38-46)48-28-11-15-32-57(48)64-58/h1-40H. The van der Waals surface area contributed by atoms with Crippen LogP contribution >= 0.6 is 23.1 Å². The van der Waals surface area contributed by atoms with Crippen LogP contribution in [0.2, 0.25) is 0 Å². The average molecular weight is 865 g/mol. The van der Waals surface area contributed by atoms with Gasteiger partial charge in [-0.25, -0.2) is 0 Å². The Morgan fingerprint density at radius 3 is 1.54 bits per heavy atom. The Morgan fingerprint density at radius 1 is 0.308 bits per heavy atom. The van der Waals surface area contributed by atoms with Crippen LogP contribution in [0.4, 0.5) is 34.1 Å². The summed E-state index contributed by atoms with van der Waals surface area (Å²) >= 11 is 3.75. The zero-order valence-corrected chi connectivity index (χ0v) is 36.9. The third-order valence-electron chi connectivity index (χ3n) is 13.3. The van der Waals surface area contributed by atoms with Gasteiger partial charge in [-0.3, -0.25) is 0 Å². The van der Waals surface area contributed by atoms with Crippen LogP contribution in [0.15, 0.2) is 252 Å². The predicted octanol–water partition coefficient (Wildman–Crippen LogP) is 17.5. The van der Waals surface area contributed by atoms with Gasteiger partial charge in [0.25, 0.3) is 0 Å². The van der Waals surface area contributed by atoms with Gasteiger partial charge in [-0.05, 0) is 136 Å². The summed E-state index contributed by atoms with van der Waals surface area (Å²) in [5.41, 5.74) is 16.2. The zero-order chi connectivity index (χ0) is 42.9. The molecule has 306 valence electrons.